The highest BCUT2D eigenvalue weighted by Gasteiger charge is 2.19. The maximum absolute atomic E-state index is 12.2. The molecule has 1 aromatic heterocycles. The number of aliphatic hydroxyl groups excluding tert-OH is 1. The lowest BCUT2D eigenvalue weighted by molar-refractivity contribution is 0.268. The number of aliphatic hydroxyl groups is 1. The van der Waals surface area contributed by atoms with Crippen LogP contribution in [0.4, 0.5) is 0 Å². The zero-order valence-corrected chi connectivity index (χ0v) is 14.9. The summed E-state index contributed by atoms with van der Waals surface area (Å²) < 4.78 is 27.0. The number of nitrogens with one attached hydrogen (secondary N) is 1. The Hall–Kier alpha value is -0.470. The molecule has 0 fully saturated rings. The number of aryl methyl sites for hydroxylation is 1. The van der Waals surface area contributed by atoms with Gasteiger partial charge in [0, 0.05) is 22.3 Å². The number of hydrogen-bond donors (Lipinski definition) is 2. The third-order valence-corrected chi connectivity index (χ3v) is 6.23. The number of hydrogen-bond acceptors (Lipinski definition) is 5. The first-order chi connectivity index (χ1) is 9.77. The second-order valence-electron chi connectivity index (χ2n) is 5.47. The van der Waals surface area contributed by atoms with Gasteiger partial charge < -0.3 is 10.0 Å². The Bertz CT molecular complexity index is 538. The molecule has 0 saturated heterocycles. The van der Waals surface area contributed by atoms with Crippen LogP contribution in [-0.2, 0) is 16.6 Å². The Balaban J connectivity index is 2.45. The number of rotatable bonds is 9. The summed E-state index contributed by atoms with van der Waals surface area (Å²) >= 11 is 1.32. The molecule has 0 bridgehead atoms. The normalized spacial score (nSPS) is 12.5. The maximum Gasteiger partial charge on any atom is 0.241 e. The smallest absolute Gasteiger partial charge is 0.241 e. The zero-order chi connectivity index (χ0) is 16.0. The Morgan fingerprint density at radius 2 is 2.05 bits per heavy atom. The topological polar surface area (TPSA) is 69.6 Å². The molecule has 2 N–H and O–H groups in total. The Labute approximate surface area is 132 Å². The second-order valence-corrected chi connectivity index (χ2v) is 8.55. The lowest BCUT2D eigenvalue weighted by Crippen LogP contribution is -2.29. The van der Waals surface area contributed by atoms with E-state index in [9.17, 15) is 8.42 Å². The molecule has 7 heteroatoms. The summed E-state index contributed by atoms with van der Waals surface area (Å²) in [5, 5.41) is 9.07. The predicted octanol–water partition coefficient (Wildman–Crippen LogP) is 1.95. The van der Waals surface area contributed by atoms with Gasteiger partial charge in [-0.1, -0.05) is 0 Å². The molecule has 0 aliphatic carbocycles. The highest BCUT2D eigenvalue weighted by atomic mass is 32.2. The van der Waals surface area contributed by atoms with Crippen LogP contribution in [0.3, 0.4) is 0 Å². The van der Waals surface area contributed by atoms with Crippen molar-refractivity contribution in [2.75, 3.05) is 20.1 Å². The van der Waals surface area contributed by atoms with Gasteiger partial charge in [0.05, 0.1) is 11.5 Å². The van der Waals surface area contributed by atoms with Gasteiger partial charge in [0.25, 0.3) is 0 Å². The van der Waals surface area contributed by atoms with E-state index in [4.69, 9.17) is 5.11 Å². The van der Waals surface area contributed by atoms with Crippen molar-refractivity contribution in [3.05, 3.63) is 15.8 Å². The average molecular weight is 335 g/mol. The van der Waals surface area contributed by atoms with Gasteiger partial charge in [0.2, 0.25) is 10.0 Å². The monoisotopic (exact) mass is 334 g/mol. The summed E-state index contributed by atoms with van der Waals surface area (Å²) in [6, 6.07) is 2.06. The van der Waals surface area contributed by atoms with Gasteiger partial charge >= 0.3 is 0 Å². The molecule has 21 heavy (non-hydrogen) atoms. The van der Waals surface area contributed by atoms with E-state index >= 15 is 0 Å². The molecule has 0 radical (unpaired) electrons. The number of unbranched alkanes of at least 4 members (excludes halogenated alkanes) is 1. The number of thiophene rings is 1. The van der Waals surface area contributed by atoms with E-state index in [-0.39, 0.29) is 11.5 Å². The third-order valence-electron chi connectivity index (χ3n) is 3.48. The summed E-state index contributed by atoms with van der Waals surface area (Å²) in [4.78, 5) is 3.92. The van der Waals surface area contributed by atoms with Crippen molar-refractivity contribution in [2.24, 2.45) is 0 Å². The van der Waals surface area contributed by atoms with Crippen LogP contribution in [0.5, 0.6) is 0 Å². The summed E-state index contributed by atoms with van der Waals surface area (Å²) in [6.45, 7) is 7.32. The number of nitrogens with zero attached hydrogens (tertiary/aromatic N) is 1. The van der Waals surface area contributed by atoms with E-state index in [1.54, 1.807) is 13.0 Å². The first-order valence-corrected chi connectivity index (χ1v) is 9.48. The SMILES string of the molecule is Cc1sc(CO)cc1S(=O)(=O)NCCCCN(C)C(C)C. The van der Waals surface area contributed by atoms with Gasteiger partial charge in [-0.3, -0.25) is 0 Å². The molecule has 0 spiro atoms. The summed E-state index contributed by atoms with van der Waals surface area (Å²) in [7, 11) is -1.39. The highest BCUT2D eigenvalue weighted by molar-refractivity contribution is 7.89. The van der Waals surface area contributed by atoms with Gasteiger partial charge in [-0.25, -0.2) is 13.1 Å². The van der Waals surface area contributed by atoms with Crippen molar-refractivity contribution in [3.8, 4) is 0 Å². The minimum absolute atomic E-state index is 0.122. The first-order valence-electron chi connectivity index (χ1n) is 7.18. The molecule has 1 rings (SSSR count). The quantitative estimate of drug-likeness (QED) is 0.677. The lowest BCUT2D eigenvalue weighted by Gasteiger charge is -2.20. The maximum atomic E-state index is 12.2. The average Bonchev–Trinajstić information content (AvgIpc) is 2.80. The van der Waals surface area contributed by atoms with Crippen LogP contribution in [0.1, 0.15) is 36.4 Å². The molecule has 0 aliphatic heterocycles. The fourth-order valence-corrected chi connectivity index (χ4v) is 4.46. The van der Waals surface area contributed by atoms with E-state index in [2.05, 4.69) is 30.5 Å². The number of sulfonamides is 1. The minimum Gasteiger partial charge on any atom is -0.391 e. The molecule has 0 amide bonds. The van der Waals surface area contributed by atoms with Gasteiger partial charge in [-0.15, -0.1) is 11.3 Å². The lowest BCUT2D eigenvalue weighted by atomic mass is 10.2. The van der Waals surface area contributed by atoms with Crippen molar-refractivity contribution in [2.45, 2.75) is 51.2 Å². The molecule has 1 aromatic rings. The van der Waals surface area contributed by atoms with Crippen LogP contribution >= 0.6 is 11.3 Å². The van der Waals surface area contributed by atoms with Crippen molar-refractivity contribution in [1.29, 1.82) is 0 Å². The first kappa shape index (κ1) is 18.6. The largest absolute Gasteiger partial charge is 0.391 e. The summed E-state index contributed by atoms with van der Waals surface area (Å²) in [6.07, 6.45) is 1.77. The Morgan fingerprint density at radius 1 is 1.38 bits per heavy atom. The Kier molecular flexibility index (Phi) is 7.29. The molecular weight excluding hydrogens is 308 g/mol. The van der Waals surface area contributed by atoms with Crippen LogP contribution in [0.15, 0.2) is 11.0 Å². The third kappa shape index (κ3) is 5.67. The van der Waals surface area contributed by atoms with Crippen LogP contribution < -0.4 is 4.72 Å². The molecule has 0 saturated carbocycles. The standard InChI is InChI=1S/C14H26N2O3S2/c1-11(2)16(4)8-6-5-7-15-21(18,19)14-9-13(10-17)20-12(14)3/h9,11,15,17H,5-8,10H2,1-4H3. The van der Waals surface area contributed by atoms with Crippen molar-refractivity contribution in [1.82, 2.24) is 9.62 Å². The predicted molar refractivity (Wildman–Crippen MR) is 87.2 cm³/mol. The summed E-state index contributed by atoms with van der Waals surface area (Å²) in [5.74, 6) is 0. The van der Waals surface area contributed by atoms with E-state index in [0.717, 1.165) is 19.4 Å². The Morgan fingerprint density at radius 3 is 2.57 bits per heavy atom. The zero-order valence-electron chi connectivity index (χ0n) is 13.2. The minimum atomic E-state index is -3.46. The van der Waals surface area contributed by atoms with Gasteiger partial charge in [0.1, 0.15) is 0 Å². The van der Waals surface area contributed by atoms with E-state index in [0.29, 0.717) is 22.3 Å². The van der Waals surface area contributed by atoms with Crippen molar-refractivity contribution >= 4 is 21.4 Å². The van der Waals surface area contributed by atoms with Crippen LogP contribution in [0.25, 0.3) is 0 Å². The van der Waals surface area contributed by atoms with E-state index in [1.165, 1.54) is 11.3 Å². The van der Waals surface area contributed by atoms with E-state index < -0.39 is 10.0 Å². The molecule has 0 unspecified atom stereocenters. The molecule has 5 nitrogen and oxygen atoms in total. The molecule has 0 aromatic carbocycles. The highest BCUT2D eigenvalue weighted by Crippen LogP contribution is 2.25. The van der Waals surface area contributed by atoms with Crippen molar-refractivity contribution < 1.29 is 13.5 Å². The van der Waals surface area contributed by atoms with Crippen molar-refractivity contribution in [3.63, 3.8) is 0 Å². The van der Waals surface area contributed by atoms with E-state index in [1.807, 2.05) is 0 Å². The van der Waals surface area contributed by atoms with Crippen LogP contribution in [-0.4, -0.2) is 44.6 Å². The van der Waals surface area contributed by atoms with Gasteiger partial charge in [-0.05, 0) is 53.3 Å². The molecule has 122 valence electrons. The molecule has 0 atom stereocenters. The molecule has 0 aliphatic rings. The van der Waals surface area contributed by atoms with Crippen LogP contribution in [0.2, 0.25) is 0 Å². The molecule has 1 heterocycles. The second kappa shape index (κ2) is 8.24. The molecular formula is C14H26N2O3S2. The van der Waals surface area contributed by atoms with Crippen LogP contribution in [0, 0.1) is 6.92 Å². The van der Waals surface area contributed by atoms with Gasteiger partial charge in [0.15, 0.2) is 0 Å². The van der Waals surface area contributed by atoms with Gasteiger partial charge in [-0.2, -0.15) is 0 Å². The summed E-state index contributed by atoms with van der Waals surface area (Å²) in [5.41, 5.74) is 0. The fraction of sp³-hybridized carbons (Fsp3) is 0.714. The fourth-order valence-electron chi connectivity index (χ4n) is 1.90.